The number of methoxy groups -OCH3 is 1. The van der Waals surface area contributed by atoms with Crippen molar-refractivity contribution in [3.63, 3.8) is 0 Å². The summed E-state index contributed by atoms with van der Waals surface area (Å²) in [7, 11) is 3.25. The molecule has 1 aromatic heterocycles. The van der Waals surface area contributed by atoms with Gasteiger partial charge in [-0.15, -0.1) is 0 Å². The predicted molar refractivity (Wildman–Crippen MR) is 69.5 cm³/mol. The Hall–Kier alpha value is -1.09. The van der Waals surface area contributed by atoms with Gasteiger partial charge in [-0.3, -0.25) is 0 Å². The van der Waals surface area contributed by atoms with Crippen molar-refractivity contribution >= 4 is 5.82 Å². The topological polar surface area (TPSA) is 48.1 Å². The molecule has 1 aromatic rings. The first-order chi connectivity index (χ1) is 7.54. The summed E-state index contributed by atoms with van der Waals surface area (Å²) in [4.78, 5) is 4.18. The first kappa shape index (κ1) is 14.9. The van der Waals surface area contributed by atoms with Gasteiger partial charge in [-0.25, -0.2) is 4.98 Å². The second kappa shape index (κ2) is 8.11. The molecular formula is C13H24N2O. The average molecular weight is 224 g/mol. The maximum absolute atomic E-state index is 5.78. The second-order valence-electron chi connectivity index (χ2n) is 4.25. The number of rotatable bonds is 3. The molecule has 0 aliphatic heterocycles. The van der Waals surface area contributed by atoms with E-state index in [2.05, 4.69) is 36.6 Å². The van der Waals surface area contributed by atoms with E-state index in [1.807, 2.05) is 6.20 Å². The van der Waals surface area contributed by atoms with Crippen molar-refractivity contribution in [1.29, 1.82) is 0 Å². The van der Waals surface area contributed by atoms with Crippen molar-refractivity contribution < 1.29 is 4.74 Å². The zero-order valence-electron chi connectivity index (χ0n) is 11.1. The van der Waals surface area contributed by atoms with Gasteiger partial charge in [0.2, 0.25) is 0 Å². The molecule has 3 heteroatoms. The number of pyridine rings is 1. The smallest absolute Gasteiger partial charge is 0.126 e. The Morgan fingerprint density at radius 1 is 1.38 bits per heavy atom. The molecule has 0 radical (unpaired) electrons. The van der Waals surface area contributed by atoms with E-state index in [1.54, 1.807) is 14.2 Å². The number of hydrogen-bond acceptors (Lipinski definition) is 3. The van der Waals surface area contributed by atoms with Crippen molar-refractivity contribution in [3.05, 3.63) is 23.4 Å². The number of nitrogens with two attached hydrogens (primary N) is 1. The summed E-state index contributed by atoms with van der Waals surface area (Å²) in [5, 5.41) is 0. The molecule has 92 valence electrons. The minimum absolute atomic E-state index is 0.635. The zero-order valence-corrected chi connectivity index (χ0v) is 11.1. The van der Waals surface area contributed by atoms with Gasteiger partial charge in [0.25, 0.3) is 0 Å². The standard InChI is InChI=1S/C11H18N2.C2H6O/c1-4-9-6-10(5-8(2)3)11(12)13-7-9;1-3-2/h6-8H,4-5H2,1-3H3,(H2,12,13);1-2H3. The highest BCUT2D eigenvalue weighted by molar-refractivity contribution is 5.41. The van der Waals surface area contributed by atoms with Crippen LogP contribution in [0.4, 0.5) is 5.82 Å². The molecule has 0 saturated heterocycles. The van der Waals surface area contributed by atoms with Crippen molar-refractivity contribution in [2.75, 3.05) is 20.0 Å². The fourth-order valence-corrected chi connectivity index (χ4v) is 1.37. The van der Waals surface area contributed by atoms with E-state index in [0.29, 0.717) is 11.7 Å². The van der Waals surface area contributed by atoms with Crippen LogP contribution in [0.25, 0.3) is 0 Å². The Bertz CT molecular complexity index is 298. The number of ether oxygens (including phenoxy) is 1. The van der Waals surface area contributed by atoms with E-state index >= 15 is 0 Å². The number of nitrogens with zero attached hydrogens (tertiary/aromatic N) is 1. The first-order valence-electron chi connectivity index (χ1n) is 5.68. The third-order valence-corrected chi connectivity index (χ3v) is 2.09. The highest BCUT2D eigenvalue weighted by atomic mass is 16.4. The predicted octanol–water partition coefficient (Wildman–Crippen LogP) is 2.69. The fraction of sp³-hybridized carbons (Fsp3) is 0.615. The van der Waals surface area contributed by atoms with Crippen molar-refractivity contribution in [2.45, 2.75) is 33.6 Å². The number of aryl methyl sites for hydroxylation is 1. The minimum Gasteiger partial charge on any atom is -0.388 e. The molecule has 0 spiro atoms. The van der Waals surface area contributed by atoms with Gasteiger partial charge in [0.15, 0.2) is 0 Å². The molecule has 1 heterocycles. The van der Waals surface area contributed by atoms with E-state index in [9.17, 15) is 0 Å². The maximum atomic E-state index is 5.78. The molecule has 0 fully saturated rings. The summed E-state index contributed by atoms with van der Waals surface area (Å²) < 4.78 is 4.25. The fourth-order valence-electron chi connectivity index (χ4n) is 1.37. The molecular weight excluding hydrogens is 200 g/mol. The van der Waals surface area contributed by atoms with Crippen molar-refractivity contribution in [1.82, 2.24) is 4.98 Å². The third-order valence-electron chi connectivity index (χ3n) is 2.09. The maximum Gasteiger partial charge on any atom is 0.126 e. The van der Waals surface area contributed by atoms with E-state index in [1.165, 1.54) is 11.1 Å². The Balaban J connectivity index is 0.000000673. The Labute approximate surface area is 99.0 Å². The lowest BCUT2D eigenvalue weighted by Gasteiger charge is -2.08. The summed E-state index contributed by atoms with van der Waals surface area (Å²) in [6.45, 7) is 6.52. The van der Waals surface area contributed by atoms with Gasteiger partial charge in [0.05, 0.1) is 0 Å². The summed E-state index contributed by atoms with van der Waals surface area (Å²) >= 11 is 0. The second-order valence-corrected chi connectivity index (χ2v) is 4.25. The molecule has 16 heavy (non-hydrogen) atoms. The van der Waals surface area contributed by atoms with Gasteiger partial charge in [-0.1, -0.05) is 26.8 Å². The van der Waals surface area contributed by atoms with E-state index in [4.69, 9.17) is 5.73 Å². The van der Waals surface area contributed by atoms with Crippen LogP contribution in [-0.2, 0) is 17.6 Å². The highest BCUT2D eigenvalue weighted by Gasteiger charge is 2.03. The SMILES string of the molecule is CCc1cnc(N)c(CC(C)C)c1.COC. The van der Waals surface area contributed by atoms with E-state index in [-0.39, 0.29) is 0 Å². The van der Waals surface area contributed by atoms with Crippen molar-refractivity contribution in [2.24, 2.45) is 5.92 Å². The molecule has 0 aliphatic carbocycles. The summed E-state index contributed by atoms with van der Waals surface area (Å²) in [6, 6.07) is 2.17. The van der Waals surface area contributed by atoms with Gasteiger partial charge < -0.3 is 10.5 Å². The molecule has 0 atom stereocenters. The van der Waals surface area contributed by atoms with Gasteiger partial charge in [-0.2, -0.15) is 0 Å². The molecule has 0 amide bonds. The monoisotopic (exact) mass is 224 g/mol. The van der Waals surface area contributed by atoms with Crippen LogP contribution in [0, 0.1) is 5.92 Å². The molecule has 0 aliphatic rings. The lowest BCUT2D eigenvalue weighted by atomic mass is 10.0. The van der Waals surface area contributed by atoms with Crippen molar-refractivity contribution in [3.8, 4) is 0 Å². The molecule has 0 saturated carbocycles. The molecule has 3 nitrogen and oxygen atoms in total. The Kier molecular flexibility index (Phi) is 7.56. The molecule has 0 bridgehead atoms. The van der Waals surface area contributed by atoms with Crippen LogP contribution in [0.2, 0.25) is 0 Å². The van der Waals surface area contributed by atoms with Crippen LogP contribution < -0.4 is 5.73 Å². The normalized spacial score (nSPS) is 9.88. The summed E-state index contributed by atoms with van der Waals surface area (Å²) in [5.41, 5.74) is 8.24. The largest absolute Gasteiger partial charge is 0.388 e. The summed E-state index contributed by atoms with van der Waals surface area (Å²) in [6.07, 6.45) is 3.91. The summed E-state index contributed by atoms with van der Waals surface area (Å²) in [5.74, 6) is 1.32. The van der Waals surface area contributed by atoms with E-state index in [0.717, 1.165) is 12.8 Å². The lowest BCUT2D eigenvalue weighted by molar-refractivity contribution is 0.277. The molecule has 0 aromatic carbocycles. The highest BCUT2D eigenvalue weighted by Crippen LogP contribution is 2.15. The quantitative estimate of drug-likeness (QED) is 0.858. The van der Waals surface area contributed by atoms with Crippen LogP contribution in [0.1, 0.15) is 31.9 Å². The Morgan fingerprint density at radius 3 is 2.38 bits per heavy atom. The van der Waals surface area contributed by atoms with Gasteiger partial charge >= 0.3 is 0 Å². The molecule has 2 N–H and O–H groups in total. The van der Waals surface area contributed by atoms with Crippen LogP contribution in [-0.4, -0.2) is 19.2 Å². The third kappa shape index (κ3) is 5.71. The average Bonchev–Trinajstić information content (AvgIpc) is 2.22. The van der Waals surface area contributed by atoms with Crippen LogP contribution in [0.5, 0.6) is 0 Å². The van der Waals surface area contributed by atoms with Crippen LogP contribution >= 0.6 is 0 Å². The van der Waals surface area contributed by atoms with Gasteiger partial charge in [0, 0.05) is 20.4 Å². The lowest BCUT2D eigenvalue weighted by Crippen LogP contribution is -2.02. The molecule has 1 rings (SSSR count). The number of nitrogen functional groups attached to an aromatic ring is 1. The van der Waals surface area contributed by atoms with E-state index < -0.39 is 0 Å². The molecule has 0 unspecified atom stereocenters. The van der Waals surface area contributed by atoms with Crippen LogP contribution in [0.15, 0.2) is 12.3 Å². The van der Waals surface area contributed by atoms with Gasteiger partial charge in [-0.05, 0) is 29.9 Å². The first-order valence-corrected chi connectivity index (χ1v) is 5.68. The van der Waals surface area contributed by atoms with Gasteiger partial charge in [0.1, 0.15) is 5.82 Å². The zero-order chi connectivity index (χ0) is 12.6. The number of hydrogen-bond donors (Lipinski definition) is 1. The number of anilines is 1. The Morgan fingerprint density at radius 2 is 1.94 bits per heavy atom. The number of aromatic nitrogens is 1. The minimum atomic E-state index is 0.635. The van der Waals surface area contributed by atoms with Crippen LogP contribution in [0.3, 0.4) is 0 Å².